The lowest BCUT2D eigenvalue weighted by atomic mass is 10.2. The fourth-order valence-electron chi connectivity index (χ4n) is 1.37. The molecule has 5 heteroatoms. The molecule has 1 rings (SSSR count). The highest BCUT2D eigenvalue weighted by molar-refractivity contribution is 5.77. The van der Waals surface area contributed by atoms with Gasteiger partial charge in [-0.3, -0.25) is 4.79 Å². The first-order valence-corrected chi connectivity index (χ1v) is 5.19. The lowest BCUT2D eigenvalue weighted by Gasteiger charge is -2.14. The van der Waals surface area contributed by atoms with Gasteiger partial charge in [0.2, 0.25) is 5.91 Å². The molecule has 0 saturated heterocycles. The molecular formula is C11H17NO4. The molecule has 5 nitrogen and oxygen atoms in total. The van der Waals surface area contributed by atoms with E-state index in [1.54, 1.807) is 13.2 Å². The SMILES string of the molecule is CCc1ccc(C(COC)NC(=O)CO)o1. The van der Waals surface area contributed by atoms with E-state index in [9.17, 15) is 4.79 Å². The van der Waals surface area contributed by atoms with E-state index < -0.39 is 12.5 Å². The van der Waals surface area contributed by atoms with Gasteiger partial charge in [-0.1, -0.05) is 6.92 Å². The van der Waals surface area contributed by atoms with Gasteiger partial charge in [-0.15, -0.1) is 0 Å². The summed E-state index contributed by atoms with van der Waals surface area (Å²) in [6.07, 6.45) is 0.799. The fourth-order valence-corrected chi connectivity index (χ4v) is 1.37. The Morgan fingerprint density at radius 3 is 2.88 bits per heavy atom. The molecule has 1 heterocycles. The molecule has 0 aliphatic rings. The van der Waals surface area contributed by atoms with Crippen LogP contribution in [-0.2, 0) is 16.0 Å². The monoisotopic (exact) mass is 227 g/mol. The number of aliphatic hydroxyl groups is 1. The van der Waals surface area contributed by atoms with Crippen LogP contribution in [0, 0.1) is 0 Å². The third-order valence-electron chi connectivity index (χ3n) is 2.19. The summed E-state index contributed by atoms with van der Waals surface area (Å²) in [6.45, 7) is 1.75. The number of nitrogens with one attached hydrogen (secondary N) is 1. The predicted molar refractivity (Wildman–Crippen MR) is 57.9 cm³/mol. The van der Waals surface area contributed by atoms with Crippen LogP contribution in [0.3, 0.4) is 0 Å². The average molecular weight is 227 g/mol. The maximum Gasteiger partial charge on any atom is 0.246 e. The van der Waals surface area contributed by atoms with Crippen LogP contribution in [0.1, 0.15) is 24.5 Å². The highest BCUT2D eigenvalue weighted by atomic mass is 16.5. The zero-order valence-corrected chi connectivity index (χ0v) is 9.53. The van der Waals surface area contributed by atoms with E-state index >= 15 is 0 Å². The topological polar surface area (TPSA) is 71.7 Å². The van der Waals surface area contributed by atoms with E-state index in [2.05, 4.69) is 5.32 Å². The number of hydrogen-bond acceptors (Lipinski definition) is 4. The van der Waals surface area contributed by atoms with Crippen LogP contribution in [0.5, 0.6) is 0 Å². The molecule has 90 valence electrons. The minimum absolute atomic E-state index is 0.308. The van der Waals surface area contributed by atoms with Gasteiger partial charge in [0.25, 0.3) is 0 Å². The second kappa shape index (κ2) is 6.30. The first-order valence-electron chi connectivity index (χ1n) is 5.19. The van der Waals surface area contributed by atoms with E-state index in [1.807, 2.05) is 13.0 Å². The molecule has 0 aromatic carbocycles. The minimum Gasteiger partial charge on any atom is -0.464 e. The summed E-state index contributed by atoms with van der Waals surface area (Å²) in [7, 11) is 1.54. The summed E-state index contributed by atoms with van der Waals surface area (Å²) in [5, 5.41) is 11.3. The zero-order valence-electron chi connectivity index (χ0n) is 9.53. The van der Waals surface area contributed by atoms with E-state index in [1.165, 1.54) is 0 Å². The fraction of sp³-hybridized carbons (Fsp3) is 0.545. The van der Waals surface area contributed by atoms with Crippen molar-refractivity contribution in [3.8, 4) is 0 Å². The Morgan fingerprint density at radius 2 is 2.38 bits per heavy atom. The number of hydrogen-bond donors (Lipinski definition) is 2. The number of amides is 1. The maximum atomic E-state index is 11.1. The summed E-state index contributed by atoms with van der Waals surface area (Å²) < 4.78 is 10.5. The van der Waals surface area contributed by atoms with Gasteiger partial charge in [-0.25, -0.2) is 0 Å². The number of carbonyl (C=O) groups excluding carboxylic acids is 1. The zero-order chi connectivity index (χ0) is 12.0. The minimum atomic E-state index is -0.540. The maximum absolute atomic E-state index is 11.1. The Labute approximate surface area is 94.4 Å². The summed E-state index contributed by atoms with van der Waals surface area (Å²) in [5.74, 6) is 1.05. The lowest BCUT2D eigenvalue weighted by molar-refractivity contribution is -0.125. The van der Waals surface area contributed by atoms with E-state index in [0.717, 1.165) is 12.2 Å². The van der Waals surface area contributed by atoms with Crippen molar-refractivity contribution >= 4 is 5.91 Å². The van der Waals surface area contributed by atoms with E-state index in [4.69, 9.17) is 14.3 Å². The molecule has 0 saturated carbocycles. The molecule has 0 spiro atoms. The van der Waals surface area contributed by atoms with Crippen molar-refractivity contribution in [2.45, 2.75) is 19.4 Å². The largest absolute Gasteiger partial charge is 0.464 e. The number of aryl methyl sites for hydroxylation is 1. The average Bonchev–Trinajstić information content (AvgIpc) is 2.76. The summed E-state index contributed by atoms with van der Waals surface area (Å²) in [5.41, 5.74) is 0. The van der Waals surface area contributed by atoms with Gasteiger partial charge < -0.3 is 19.6 Å². The van der Waals surface area contributed by atoms with Crippen LogP contribution in [0.2, 0.25) is 0 Å². The third kappa shape index (κ3) is 3.36. The molecule has 0 bridgehead atoms. The van der Waals surface area contributed by atoms with Crippen LogP contribution >= 0.6 is 0 Å². The Balaban J connectivity index is 2.71. The second-order valence-electron chi connectivity index (χ2n) is 3.39. The summed E-state index contributed by atoms with van der Waals surface area (Å²) >= 11 is 0. The standard InChI is InChI=1S/C11H17NO4/c1-3-8-4-5-10(16-8)9(7-15-2)12-11(14)6-13/h4-5,9,13H,3,6-7H2,1-2H3,(H,12,14). The Morgan fingerprint density at radius 1 is 1.62 bits per heavy atom. The molecule has 1 atom stereocenters. The quantitative estimate of drug-likeness (QED) is 0.748. The van der Waals surface area contributed by atoms with Crippen molar-refractivity contribution in [2.75, 3.05) is 20.3 Å². The first-order chi connectivity index (χ1) is 7.71. The van der Waals surface area contributed by atoms with Gasteiger partial charge in [-0.2, -0.15) is 0 Å². The molecule has 1 unspecified atom stereocenters. The first kappa shape index (κ1) is 12.7. The van der Waals surface area contributed by atoms with Crippen molar-refractivity contribution < 1.29 is 19.1 Å². The Hall–Kier alpha value is -1.33. The third-order valence-corrected chi connectivity index (χ3v) is 2.19. The molecule has 1 aromatic rings. The van der Waals surface area contributed by atoms with Gasteiger partial charge >= 0.3 is 0 Å². The van der Waals surface area contributed by atoms with Crippen molar-refractivity contribution in [2.24, 2.45) is 0 Å². The second-order valence-corrected chi connectivity index (χ2v) is 3.39. The van der Waals surface area contributed by atoms with Crippen molar-refractivity contribution in [1.29, 1.82) is 0 Å². The van der Waals surface area contributed by atoms with Gasteiger partial charge in [0.1, 0.15) is 24.2 Å². The number of methoxy groups -OCH3 is 1. The number of furan rings is 1. The van der Waals surface area contributed by atoms with Crippen LogP contribution in [0.15, 0.2) is 16.5 Å². The number of carbonyl (C=O) groups is 1. The molecule has 16 heavy (non-hydrogen) atoms. The van der Waals surface area contributed by atoms with Crippen LogP contribution in [0.25, 0.3) is 0 Å². The van der Waals surface area contributed by atoms with Gasteiger partial charge in [0.05, 0.1) is 6.61 Å². The lowest BCUT2D eigenvalue weighted by Crippen LogP contribution is -2.32. The van der Waals surface area contributed by atoms with Gasteiger partial charge in [0.15, 0.2) is 0 Å². The van der Waals surface area contributed by atoms with E-state index in [-0.39, 0.29) is 6.04 Å². The molecular weight excluding hydrogens is 210 g/mol. The summed E-state index contributed by atoms with van der Waals surface area (Å²) in [4.78, 5) is 11.1. The van der Waals surface area contributed by atoms with Crippen LogP contribution in [-0.4, -0.2) is 31.3 Å². The van der Waals surface area contributed by atoms with Crippen molar-refractivity contribution in [3.63, 3.8) is 0 Å². The van der Waals surface area contributed by atoms with Crippen molar-refractivity contribution in [3.05, 3.63) is 23.7 Å². The van der Waals surface area contributed by atoms with E-state index in [0.29, 0.717) is 12.4 Å². The number of ether oxygens (including phenoxy) is 1. The van der Waals surface area contributed by atoms with Gasteiger partial charge in [-0.05, 0) is 12.1 Å². The Kier molecular flexibility index (Phi) is 5.01. The number of aliphatic hydroxyl groups excluding tert-OH is 1. The van der Waals surface area contributed by atoms with Crippen LogP contribution < -0.4 is 5.32 Å². The molecule has 2 N–H and O–H groups in total. The normalized spacial score (nSPS) is 12.4. The molecule has 0 aliphatic carbocycles. The molecule has 1 amide bonds. The predicted octanol–water partition coefficient (Wildman–Crippen LogP) is 0.638. The highest BCUT2D eigenvalue weighted by Gasteiger charge is 2.17. The van der Waals surface area contributed by atoms with Gasteiger partial charge in [0, 0.05) is 13.5 Å². The molecule has 0 aliphatic heterocycles. The summed E-state index contributed by atoms with van der Waals surface area (Å²) in [6, 6.07) is 3.31. The molecule has 0 fully saturated rings. The molecule has 1 aromatic heterocycles. The highest BCUT2D eigenvalue weighted by Crippen LogP contribution is 2.17. The Bertz CT molecular complexity index is 334. The van der Waals surface area contributed by atoms with Crippen molar-refractivity contribution in [1.82, 2.24) is 5.32 Å². The smallest absolute Gasteiger partial charge is 0.246 e. The molecule has 0 radical (unpaired) electrons. The van der Waals surface area contributed by atoms with Crippen LogP contribution in [0.4, 0.5) is 0 Å². The number of rotatable bonds is 6.